The number of hydrogen-bond acceptors (Lipinski definition) is 3. The second-order valence-corrected chi connectivity index (χ2v) is 5.65. The molecule has 3 nitrogen and oxygen atoms in total. The van der Waals surface area contributed by atoms with E-state index in [1.807, 2.05) is 6.07 Å². The quantitative estimate of drug-likeness (QED) is 0.759. The zero-order valence-corrected chi connectivity index (χ0v) is 12.8. The molecule has 2 aromatic rings. The van der Waals surface area contributed by atoms with E-state index in [9.17, 15) is 13.2 Å². The van der Waals surface area contributed by atoms with Crippen LogP contribution in [-0.2, 0) is 10.9 Å². The lowest BCUT2D eigenvalue weighted by Crippen LogP contribution is -2.38. The Morgan fingerprint density at radius 3 is 2.57 bits per heavy atom. The van der Waals surface area contributed by atoms with Gasteiger partial charge in [-0.2, -0.15) is 13.2 Å². The van der Waals surface area contributed by atoms with Gasteiger partial charge in [0.2, 0.25) is 0 Å². The average molecular weight is 343 g/mol. The highest BCUT2D eigenvalue weighted by Crippen LogP contribution is 2.32. The zero-order valence-electron chi connectivity index (χ0n) is 12.1. The molecule has 122 valence electrons. The number of aromatic nitrogens is 1. The fraction of sp³-hybridized carbons (Fsp3) is 0.312. The van der Waals surface area contributed by atoms with Crippen molar-refractivity contribution in [2.24, 2.45) is 0 Å². The standard InChI is InChI=1S/C16H14ClF3N2O/c17-15-9-13(5-6-21-15)22-7-8-23-14(10-22)11-1-3-12(4-2-11)16(18,19)20/h1-6,9,14H,7-8,10H2. The van der Waals surface area contributed by atoms with Crippen molar-refractivity contribution in [3.05, 3.63) is 58.9 Å². The Morgan fingerprint density at radius 2 is 1.91 bits per heavy atom. The third-order valence-corrected chi connectivity index (χ3v) is 3.96. The van der Waals surface area contributed by atoms with Crippen molar-refractivity contribution in [1.82, 2.24) is 4.98 Å². The summed E-state index contributed by atoms with van der Waals surface area (Å²) >= 11 is 5.90. The Hall–Kier alpha value is -1.79. The number of morpholine rings is 1. The molecule has 0 N–H and O–H groups in total. The molecular formula is C16H14ClF3N2O. The monoisotopic (exact) mass is 342 g/mol. The predicted octanol–water partition coefficient (Wildman–Crippen LogP) is 4.33. The normalized spacial score (nSPS) is 19.0. The zero-order chi connectivity index (χ0) is 16.4. The number of pyridine rings is 1. The maximum Gasteiger partial charge on any atom is 0.416 e. The van der Waals surface area contributed by atoms with Gasteiger partial charge in [0.05, 0.1) is 12.2 Å². The van der Waals surface area contributed by atoms with Crippen LogP contribution >= 0.6 is 11.6 Å². The van der Waals surface area contributed by atoms with Gasteiger partial charge in [-0.05, 0) is 29.8 Å². The molecule has 1 atom stereocenters. The van der Waals surface area contributed by atoms with Gasteiger partial charge in [0.25, 0.3) is 0 Å². The van der Waals surface area contributed by atoms with Crippen LogP contribution in [0.3, 0.4) is 0 Å². The fourth-order valence-electron chi connectivity index (χ4n) is 2.56. The van der Waals surface area contributed by atoms with E-state index in [-0.39, 0.29) is 6.10 Å². The molecule has 0 bridgehead atoms. The van der Waals surface area contributed by atoms with E-state index in [1.165, 1.54) is 12.1 Å². The first kappa shape index (κ1) is 16.1. The van der Waals surface area contributed by atoms with Crippen molar-refractivity contribution in [1.29, 1.82) is 0 Å². The number of halogens is 4. The molecule has 1 aliphatic rings. The fourth-order valence-corrected chi connectivity index (χ4v) is 2.73. The van der Waals surface area contributed by atoms with E-state index in [0.29, 0.717) is 24.8 Å². The van der Waals surface area contributed by atoms with Gasteiger partial charge < -0.3 is 9.64 Å². The van der Waals surface area contributed by atoms with Gasteiger partial charge in [-0.15, -0.1) is 0 Å². The molecule has 3 rings (SSSR count). The Balaban J connectivity index is 1.76. The van der Waals surface area contributed by atoms with Gasteiger partial charge in [0.15, 0.2) is 0 Å². The van der Waals surface area contributed by atoms with Crippen LogP contribution < -0.4 is 4.90 Å². The summed E-state index contributed by atoms with van der Waals surface area (Å²) in [5.41, 5.74) is 0.989. The van der Waals surface area contributed by atoms with E-state index >= 15 is 0 Å². The number of nitrogens with zero attached hydrogens (tertiary/aromatic N) is 2. The lowest BCUT2D eigenvalue weighted by atomic mass is 10.0. The summed E-state index contributed by atoms with van der Waals surface area (Å²) in [6.07, 6.45) is -2.98. The molecule has 2 heterocycles. The lowest BCUT2D eigenvalue weighted by molar-refractivity contribution is -0.137. The third-order valence-electron chi connectivity index (χ3n) is 3.75. The summed E-state index contributed by atoms with van der Waals surface area (Å²) in [6.45, 7) is 1.73. The van der Waals surface area contributed by atoms with E-state index in [1.54, 1.807) is 12.3 Å². The minimum Gasteiger partial charge on any atom is -0.370 e. The highest BCUT2D eigenvalue weighted by Gasteiger charge is 2.30. The second-order valence-electron chi connectivity index (χ2n) is 5.26. The number of ether oxygens (including phenoxy) is 1. The molecule has 1 aromatic heterocycles. The highest BCUT2D eigenvalue weighted by atomic mass is 35.5. The maximum absolute atomic E-state index is 12.6. The van der Waals surface area contributed by atoms with Crippen LogP contribution in [0.2, 0.25) is 5.15 Å². The topological polar surface area (TPSA) is 25.4 Å². The molecule has 1 aliphatic heterocycles. The Labute approximate surface area is 136 Å². The molecule has 1 aromatic carbocycles. The SMILES string of the molecule is FC(F)(F)c1ccc(C2CN(c3ccnc(Cl)c3)CCO2)cc1. The molecule has 0 spiro atoms. The van der Waals surface area contributed by atoms with Crippen molar-refractivity contribution < 1.29 is 17.9 Å². The van der Waals surface area contributed by atoms with E-state index in [4.69, 9.17) is 16.3 Å². The van der Waals surface area contributed by atoms with Crippen molar-refractivity contribution in [3.63, 3.8) is 0 Å². The first-order chi connectivity index (χ1) is 10.9. The second kappa shape index (κ2) is 6.37. The van der Waals surface area contributed by atoms with Gasteiger partial charge in [0.1, 0.15) is 11.3 Å². The van der Waals surface area contributed by atoms with Crippen molar-refractivity contribution in [2.75, 3.05) is 24.6 Å². The lowest BCUT2D eigenvalue weighted by Gasteiger charge is -2.34. The van der Waals surface area contributed by atoms with Gasteiger partial charge in [0, 0.05) is 25.0 Å². The van der Waals surface area contributed by atoms with Crippen molar-refractivity contribution in [3.8, 4) is 0 Å². The van der Waals surface area contributed by atoms with Gasteiger partial charge >= 0.3 is 6.18 Å². The number of anilines is 1. The molecule has 1 unspecified atom stereocenters. The molecule has 0 aliphatic carbocycles. The van der Waals surface area contributed by atoms with Crippen LogP contribution in [0.5, 0.6) is 0 Å². The highest BCUT2D eigenvalue weighted by molar-refractivity contribution is 6.29. The van der Waals surface area contributed by atoms with E-state index < -0.39 is 11.7 Å². The average Bonchev–Trinajstić information content (AvgIpc) is 2.54. The summed E-state index contributed by atoms with van der Waals surface area (Å²) in [4.78, 5) is 6.03. The Morgan fingerprint density at radius 1 is 1.17 bits per heavy atom. The van der Waals surface area contributed by atoms with Gasteiger partial charge in [-0.1, -0.05) is 23.7 Å². The molecule has 1 fully saturated rings. The summed E-state index contributed by atoms with van der Waals surface area (Å²) in [5, 5.41) is 0.403. The Bertz CT molecular complexity index is 676. The summed E-state index contributed by atoms with van der Waals surface area (Å²) in [6, 6.07) is 8.71. The molecular weight excluding hydrogens is 329 g/mol. The molecule has 1 saturated heterocycles. The van der Waals surface area contributed by atoms with Gasteiger partial charge in [-0.3, -0.25) is 0 Å². The van der Waals surface area contributed by atoms with E-state index in [0.717, 1.165) is 23.4 Å². The molecule has 23 heavy (non-hydrogen) atoms. The Kier molecular flexibility index (Phi) is 4.46. The van der Waals surface area contributed by atoms with Crippen LogP contribution in [0, 0.1) is 0 Å². The molecule has 0 saturated carbocycles. The molecule has 0 amide bonds. The maximum atomic E-state index is 12.6. The predicted molar refractivity (Wildman–Crippen MR) is 81.6 cm³/mol. The summed E-state index contributed by atoms with van der Waals surface area (Å²) < 4.78 is 43.6. The van der Waals surface area contributed by atoms with Crippen LogP contribution in [0.4, 0.5) is 18.9 Å². The minimum absolute atomic E-state index is 0.280. The van der Waals surface area contributed by atoms with Crippen LogP contribution in [-0.4, -0.2) is 24.7 Å². The largest absolute Gasteiger partial charge is 0.416 e. The third kappa shape index (κ3) is 3.76. The first-order valence-corrected chi connectivity index (χ1v) is 7.46. The number of rotatable bonds is 2. The summed E-state index contributed by atoms with van der Waals surface area (Å²) in [7, 11) is 0. The number of benzene rings is 1. The molecule has 7 heteroatoms. The number of alkyl halides is 3. The smallest absolute Gasteiger partial charge is 0.370 e. The van der Waals surface area contributed by atoms with Gasteiger partial charge in [-0.25, -0.2) is 4.98 Å². The van der Waals surface area contributed by atoms with E-state index in [2.05, 4.69) is 9.88 Å². The minimum atomic E-state index is -4.33. The van der Waals surface area contributed by atoms with Crippen LogP contribution in [0.1, 0.15) is 17.2 Å². The van der Waals surface area contributed by atoms with Crippen molar-refractivity contribution in [2.45, 2.75) is 12.3 Å². The van der Waals surface area contributed by atoms with Crippen LogP contribution in [0.25, 0.3) is 0 Å². The van der Waals surface area contributed by atoms with Crippen molar-refractivity contribution >= 4 is 17.3 Å². The van der Waals surface area contributed by atoms with Crippen LogP contribution in [0.15, 0.2) is 42.6 Å². The first-order valence-electron chi connectivity index (χ1n) is 7.09. The molecule has 0 radical (unpaired) electrons. The number of hydrogen-bond donors (Lipinski definition) is 0. The summed E-state index contributed by atoms with van der Waals surface area (Å²) in [5.74, 6) is 0.